The third kappa shape index (κ3) is 6.68. The lowest BCUT2D eigenvalue weighted by atomic mass is 9.91. The zero-order valence-electron chi connectivity index (χ0n) is 27.3. The predicted molar refractivity (Wildman–Crippen MR) is 171 cm³/mol. The summed E-state index contributed by atoms with van der Waals surface area (Å²) in [5.41, 5.74) is 2.34. The van der Waals surface area contributed by atoms with Crippen molar-refractivity contribution < 1.29 is 37.0 Å². The van der Waals surface area contributed by atoms with Gasteiger partial charge in [0, 0.05) is 11.1 Å². The molecule has 4 aromatic rings. The summed E-state index contributed by atoms with van der Waals surface area (Å²) < 4.78 is 54.2. The van der Waals surface area contributed by atoms with Gasteiger partial charge in [0.1, 0.15) is 35.9 Å². The summed E-state index contributed by atoms with van der Waals surface area (Å²) in [4.78, 5) is 17.4. The fourth-order valence-electron chi connectivity index (χ4n) is 6.43. The Morgan fingerprint density at radius 1 is 1.04 bits per heavy atom. The molecular formula is C34H41FN4O7Si. The maximum atomic E-state index is 14.2. The van der Waals surface area contributed by atoms with Crippen LogP contribution in [0.2, 0.25) is 18.1 Å². The largest absolute Gasteiger partial charge is 0.460 e. The fourth-order valence-corrected chi connectivity index (χ4v) is 9.27. The summed E-state index contributed by atoms with van der Waals surface area (Å²) in [6, 6.07) is 18.0. The summed E-state index contributed by atoms with van der Waals surface area (Å²) in [5.74, 6) is -0.760. The molecule has 2 fully saturated rings. The zero-order valence-corrected chi connectivity index (χ0v) is 28.3. The van der Waals surface area contributed by atoms with Crippen LogP contribution in [0.15, 0.2) is 65.2 Å². The number of rotatable bonds is 11. The highest BCUT2D eigenvalue weighted by atomic mass is 28.4. The van der Waals surface area contributed by atoms with Crippen LogP contribution in [0.25, 0.3) is 11.3 Å². The molecule has 0 unspecified atom stereocenters. The standard InChI is InChI=1S/C34H41FN4O7Si/c1-6-41-33(40)28-21(5)36-32(44-28)31-30(46-47(7-2,8-3)9-4)27(39-19-25(37-38-39)23-16-13-17-24(35)18-23)29-26(43-31)20-42-34(45-29)22-14-11-10-12-15-22/h10-19,26-27,29-31,34H,6-9,20H2,1-5H3/t26-,27+,29+,30-,31-,34+/m1/s1. The summed E-state index contributed by atoms with van der Waals surface area (Å²) in [6.07, 6.45) is -1.59. The van der Waals surface area contributed by atoms with Crippen LogP contribution in [0.1, 0.15) is 73.8 Å². The van der Waals surface area contributed by atoms with E-state index in [0.717, 1.165) is 23.7 Å². The van der Waals surface area contributed by atoms with Crippen molar-refractivity contribution in [2.75, 3.05) is 13.2 Å². The monoisotopic (exact) mass is 664 g/mol. The van der Waals surface area contributed by atoms with Crippen LogP contribution < -0.4 is 0 Å². The van der Waals surface area contributed by atoms with Crippen LogP contribution in [0.4, 0.5) is 4.39 Å². The topological polar surface area (TPSA) is 120 Å². The lowest BCUT2D eigenvalue weighted by Crippen LogP contribution is -2.59. The first-order chi connectivity index (χ1) is 22.8. The number of carbonyl (C=O) groups excluding carboxylic acids is 1. The molecule has 250 valence electrons. The number of aryl methyl sites for hydroxylation is 1. The van der Waals surface area contributed by atoms with Gasteiger partial charge in [-0.1, -0.05) is 68.4 Å². The summed E-state index contributed by atoms with van der Waals surface area (Å²) >= 11 is 0. The molecule has 6 atom stereocenters. The lowest BCUT2D eigenvalue weighted by molar-refractivity contribution is -0.318. The minimum atomic E-state index is -2.34. The summed E-state index contributed by atoms with van der Waals surface area (Å²) in [5, 5.41) is 9.02. The fraction of sp³-hybridized carbons (Fsp3) is 0.471. The Labute approximate surface area is 274 Å². The van der Waals surface area contributed by atoms with Crippen LogP contribution in [0.5, 0.6) is 0 Å². The molecule has 2 aromatic heterocycles. The molecule has 0 radical (unpaired) electrons. The van der Waals surface area contributed by atoms with E-state index >= 15 is 0 Å². The minimum Gasteiger partial charge on any atom is -0.460 e. The van der Waals surface area contributed by atoms with Gasteiger partial charge in [0.15, 0.2) is 20.7 Å². The maximum Gasteiger partial charge on any atom is 0.376 e. The number of benzene rings is 2. The van der Waals surface area contributed by atoms with Gasteiger partial charge in [-0.25, -0.2) is 18.9 Å². The normalized spacial score (nSPS) is 24.6. The number of esters is 1. The first-order valence-corrected chi connectivity index (χ1v) is 18.8. The molecule has 0 aliphatic carbocycles. The maximum absolute atomic E-state index is 14.2. The van der Waals surface area contributed by atoms with Crippen molar-refractivity contribution in [3.63, 3.8) is 0 Å². The second-order valence-electron chi connectivity index (χ2n) is 11.9. The zero-order chi connectivity index (χ0) is 33.1. The van der Waals surface area contributed by atoms with E-state index < -0.39 is 51.0 Å². The molecule has 47 heavy (non-hydrogen) atoms. The highest BCUT2D eigenvalue weighted by molar-refractivity contribution is 6.73. The van der Waals surface area contributed by atoms with Crippen LogP contribution in [-0.2, 0) is 23.4 Å². The second-order valence-corrected chi connectivity index (χ2v) is 16.6. The Bertz CT molecular complexity index is 1650. The highest BCUT2D eigenvalue weighted by Gasteiger charge is 2.55. The first kappa shape index (κ1) is 33.2. The van der Waals surface area contributed by atoms with Crippen molar-refractivity contribution in [2.24, 2.45) is 0 Å². The van der Waals surface area contributed by atoms with Crippen molar-refractivity contribution >= 4 is 14.3 Å². The Morgan fingerprint density at radius 2 is 1.81 bits per heavy atom. The van der Waals surface area contributed by atoms with Gasteiger partial charge >= 0.3 is 5.97 Å². The Hall–Kier alpha value is -3.75. The Kier molecular flexibility index (Phi) is 9.99. The van der Waals surface area contributed by atoms with Crippen molar-refractivity contribution in [2.45, 2.75) is 89.5 Å². The molecular weight excluding hydrogens is 623 g/mol. The van der Waals surface area contributed by atoms with Gasteiger partial charge in [0.05, 0.1) is 25.1 Å². The average molecular weight is 665 g/mol. The number of halogens is 1. The molecule has 11 nitrogen and oxygen atoms in total. The minimum absolute atomic E-state index is 0.0160. The van der Waals surface area contributed by atoms with Gasteiger partial charge in [-0.05, 0) is 44.1 Å². The molecule has 2 aromatic carbocycles. The molecule has 2 saturated heterocycles. The van der Waals surface area contributed by atoms with E-state index in [9.17, 15) is 9.18 Å². The lowest BCUT2D eigenvalue weighted by Gasteiger charge is -2.50. The van der Waals surface area contributed by atoms with Gasteiger partial charge in [-0.15, -0.1) is 5.10 Å². The SMILES string of the molecule is CCOC(=O)c1oc([C@@H]2O[C@@H]3CO[C@H](c4ccccc4)O[C@@H]3[C@H](n3cc(-c4cccc(F)c4)nn3)[C@H]2O[Si](CC)(CC)CC)nc1C. The number of fused-ring (bicyclic) bond motifs is 1. The Balaban J connectivity index is 1.48. The van der Waals surface area contributed by atoms with Gasteiger partial charge in [-0.3, -0.25) is 0 Å². The summed E-state index contributed by atoms with van der Waals surface area (Å²) in [7, 11) is -2.34. The molecule has 0 amide bonds. The third-order valence-corrected chi connectivity index (χ3v) is 13.8. The molecule has 0 saturated carbocycles. The molecule has 0 spiro atoms. The van der Waals surface area contributed by atoms with Crippen LogP contribution in [-0.4, -0.2) is 65.8 Å². The molecule has 6 rings (SSSR count). The average Bonchev–Trinajstić information content (AvgIpc) is 3.74. The van der Waals surface area contributed by atoms with Gasteiger partial charge in [-0.2, -0.15) is 0 Å². The number of oxazole rings is 1. The van der Waals surface area contributed by atoms with Crippen LogP contribution in [0, 0.1) is 12.7 Å². The number of nitrogens with zero attached hydrogens (tertiary/aromatic N) is 4. The third-order valence-electron chi connectivity index (χ3n) is 9.20. The van der Waals surface area contributed by atoms with E-state index in [-0.39, 0.29) is 30.7 Å². The smallest absolute Gasteiger partial charge is 0.376 e. The molecule has 0 N–H and O–H groups in total. The number of aromatic nitrogens is 4. The van der Waals surface area contributed by atoms with Gasteiger partial charge < -0.3 is 27.8 Å². The predicted octanol–water partition coefficient (Wildman–Crippen LogP) is 6.74. The molecule has 4 heterocycles. The molecule has 0 bridgehead atoms. The van der Waals surface area contributed by atoms with E-state index in [0.29, 0.717) is 17.0 Å². The van der Waals surface area contributed by atoms with E-state index in [1.807, 2.05) is 30.3 Å². The summed E-state index contributed by atoms with van der Waals surface area (Å²) in [6.45, 7) is 10.3. The first-order valence-electron chi connectivity index (χ1n) is 16.3. The van der Waals surface area contributed by atoms with E-state index in [4.69, 9.17) is 27.8 Å². The second kappa shape index (κ2) is 14.2. The quantitative estimate of drug-likeness (QED) is 0.126. The van der Waals surface area contributed by atoms with E-state index in [2.05, 4.69) is 36.1 Å². The highest BCUT2D eigenvalue weighted by Crippen LogP contribution is 2.47. The van der Waals surface area contributed by atoms with Crippen LogP contribution in [0.3, 0.4) is 0 Å². The van der Waals surface area contributed by atoms with Crippen molar-refractivity contribution in [3.05, 3.63) is 89.5 Å². The van der Waals surface area contributed by atoms with Crippen molar-refractivity contribution in [1.29, 1.82) is 0 Å². The number of carbonyl (C=O) groups is 1. The van der Waals surface area contributed by atoms with Gasteiger partial charge in [0.25, 0.3) is 0 Å². The molecule has 13 heteroatoms. The van der Waals surface area contributed by atoms with Crippen molar-refractivity contribution in [1.82, 2.24) is 20.0 Å². The van der Waals surface area contributed by atoms with Crippen LogP contribution >= 0.6 is 0 Å². The molecule has 2 aliphatic rings. The number of ether oxygens (including phenoxy) is 4. The number of hydrogen-bond acceptors (Lipinski definition) is 10. The van der Waals surface area contributed by atoms with E-state index in [1.54, 1.807) is 36.9 Å². The molecule has 2 aliphatic heterocycles. The van der Waals surface area contributed by atoms with Crippen molar-refractivity contribution in [3.8, 4) is 11.3 Å². The Morgan fingerprint density at radius 3 is 2.51 bits per heavy atom. The van der Waals surface area contributed by atoms with E-state index in [1.165, 1.54) is 12.1 Å². The van der Waals surface area contributed by atoms with Gasteiger partial charge in [0.2, 0.25) is 11.7 Å². The number of hydrogen-bond donors (Lipinski definition) is 0.